The minimum Gasteiger partial charge on any atom is -0.497 e. The van der Waals surface area contributed by atoms with Crippen LogP contribution in [0.25, 0.3) is 0 Å². The summed E-state index contributed by atoms with van der Waals surface area (Å²) in [6.45, 7) is 0.886. The molecule has 3 atom stereocenters. The third-order valence-electron chi connectivity index (χ3n) is 6.42. The third-order valence-corrected chi connectivity index (χ3v) is 8.65. The minimum absolute atomic E-state index is 0.000982. The van der Waals surface area contributed by atoms with E-state index in [0.717, 1.165) is 24.2 Å². The molecule has 2 heterocycles. The number of hydrogen-bond acceptors (Lipinski definition) is 5. The standard InChI is InChI=1S/C19H26N2O4S/c1-20(2)16-12-26(23,24)17-11-21(10-15(16)17)18(22)19(8-9-19)13-4-6-14(25-3)7-5-13/h4-7,15-17H,8-12H2,1-3H3/t15-,16+,17-/m0/s1. The van der Waals surface area contributed by atoms with E-state index in [1.54, 1.807) is 12.0 Å². The van der Waals surface area contributed by atoms with Gasteiger partial charge in [0.25, 0.3) is 0 Å². The summed E-state index contributed by atoms with van der Waals surface area (Å²) < 4.78 is 30.3. The Labute approximate surface area is 155 Å². The van der Waals surface area contributed by atoms with Crippen LogP contribution in [0.2, 0.25) is 0 Å². The monoisotopic (exact) mass is 378 g/mol. The number of ether oxygens (including phenoxy) is 1. The van der Waals surface area contributed by atoms with E-state index in [1.807, 2.05) is 43.3 Å². The molecular formula is C19H26N2O4S. The van der Waals surface area contributed by atoms with Crippen LogP contribution in [0.3, 0.4) is 0 Å². The number of rotatable bonds is 4. The molecule has 1 aromatic rings. The van der Waals surface area contributed by atoms with Gasteiger partial charge in [-0.15, -0.1) is 0 Å². The first kappa shape index (κ1) is 17.8. The summed E-state index contributed by atoms with van der Waals surface area (Å²) in [5.74, 6) is 1.09. The van der Waals surface area contributed by atoms with Crippen molar-refractivity contribution in [3.63, 3.8) is 0 Å². The van der Waals surface area contributed by atoms with Crippen LogP contribution in [0.1, 0.15) is 18.4 Å². The maximum absolute atomic E-state index is 13.3. The average molecular weight is 378 g/mol. The van der Waals surface area contributed by atoms with Crippen LogP contribution in [-0.2, 0) is 20.0 Å². The molecule has 7 heteroatoms. The van der Waals surface area contributed by atoms with Gasteiger partial charge in [0.2, 0.25) is 5.91 Å². The van der Waals surface area contributed by atoms with E-state index in [9.17, 15) is 13.2 Å². The lowest BCUT2D eigenvalue weighted by Crippen LogP contribution is -2.42. The molecule has 1 aliphatic carbocycles. The Morgan fingerprint density at radius 2 is 1.85 bits per heavy atom. The topological polar surface area (TPSA) is 66.9 Å². The second-order valence-electron chi connectivity index (χ2n) is 8.08. The number of benzene rings is 1. The summed E-state index contributed by atoms with van der Waals surface area (Å²) in [6, 6.07) is 7.68. The van der Waals surface area contributed by atoms with Gasteiger partial charge in [-0.3, -0.25) is 4.79 Å². The van der Waals surface area contributed by atoms with Gasteiger partial charge in [0.05, 0.1) is 23.5 Å². The molecule has 1 saturated carbocycles. The Kier molecular flexibility index (Phi) is 4.08. The summed E-state index contributed by atoms with van der Waals surface area (Å²) in [6.07, 6.45) is 1.65. The van der Waals surface area contributed by atoms with Crippen LogP contribution in [0.4, 0.5) is 0 Å². The number of carbonyl (C=O) groups excluding carboxylic acids is 1. The first-order chi connectivity index (χ1) is 12.3. The number of amides is 1. The van der Waals surface area contributed by atoms with Crippen molar-refractivity contribution in [2.45, 2.75) is 29.5 Å². The molecule has 0 unspecified atom stereocenters. The third kappa shape index (κ3) is 2.63. The summed E-state index contributed by atoms with van der Waals surface area (Å²) in [5.41, 5.74) is 0.537. The van der Waals surface area contributed by atoms with Crippen molar-refractivity contribution in [1.29, 1.82) is 0 Å². The van der Waals surface area contributed by atoms with Crippen molar-refractivity contribution >= 4 is 15.7 Å². The van der Waals surface area contributed by atoms with Crippen molar-refractivity contribution in [1.82, 2.24) is 9.80 Å². The van der Waals surface area contributed by atoms with Crippen LogP contribution in [0.15, 0.2) is 24.3 Å². The Bertz CT molecular complexity index is 814. The molecule has 2 aliphatic heterocycles. The lowest BCUT2D eigenvalue weighted by Gasteiger charge is -2.27. The Morgan fingerprint density at radius 3 is 2.38 bits per heavy atom. The minimum atomic E-state index is -3.14. The normalized spacial score (nSPS) is 31.1. The van der Waals surface area contributed by atoms with Crippen LogP contribution in [0.5, 0.6) is 5.75 Å². The molecule has 0 bridgehead atoms. The van der Waals surface area contributed by atoms with Crippen molar-refractivity contribution in [2.75, 3.05) is 40.0 Å². The van der Waals surface area contributed by atoms with Crippen LogP contribution >= 0.6 is 0 Å². The summed E-state index contributed by atoms with van der Waals surface area (Å²) in [4.78, 5) is 17.1. The van der Waals surface area contributed by atoms with Gasteiger partial charge in [-0.2, -0.15) is 0 Å². The highest BCUT2D eigenvalue weighted by Crippen LogP contribution is 2.51. The summed E-state index contributed by atoms with van der Waals surface area (Å²) >= 11 is 0. The highest BCUT2D eigenvalue weighted by atomic mass is 32.2. The van der Waals surface area contributed by atoms with E-state index in [1.165, 1.54) is 0 Å². The molecule has 3 fully saturated rings. The Morgan fingerprint density at radius 1 is 1.19 bits per heavy atom. The number of likely N-dealkylation sites (tertiary alicyclic amines) is 1. The first-order valence-electron chi connectivity index (χ1n) is 9.10. The molecule has 6 nitrogen and oxygen atoms in total. The lowest BCUT2D eigenvalue weighted by molar-refractivity contribution is -0.133. The smallest absolute Gasteiger partial charge is 0.233 e. The predicted octanol–water partition coefficient (Wildman–Crippen LogP) is 0.912. The van der Waals surface area contributed by atoms with E-state index in [-0.39, 0.29) is 23.6 Å². The zero-order chi connectivity index (χ0) is 18.7. The predicted molar refractivity (Wildman–Crippen MR) is 99.0 cm³/mol. The van der Waals surface area contributed by atoms with E-state index in [2.05, 4.69) is 0 Å². The molecule has 0 N–H and O–H groups in total. The molecule has 1 amide bonds. The van der Waals surface area contributed by atoms with Crippen LogP contribution < -0.4 is 4.74 Å². The molecule has 0 spiro atoms. The number of hydrogen-bond donors (Lipinski definition) is 0. The maximum atomic E-state index is 13.3. The molecular weight excluding hydrogens is 352 g/mol. The number of carbonyl (C=O) groups is 1. The lowest BCUT2D eigenvalue weighted by atomic mass is 9.94. The van der Waals surface area contributed by atoms with Gasteiger partial charge in [0.15, 0.2) is 9.84 Å². The highest BCUT2D eigenvalue weighted by Gasteiger charge is 2.58. The number of sulfone groups is 1. The Hall–Kier alpha value is -1.60. The van der Waals surface area contributed by atoms with Gasteiger partial charge >= 0.3 is 0 Å². The maximum Gasteiger partial charge on any atom is 0.233 e. The zero-order valence-electron chi connectivity index (χ0n) is 15.5. The fourth-order valence-electron chi connectivity index (χ4n) is 4.70. The molecule has 26 heavy (non-hydrogen) atoms. The molecule has 4 rings (SSSR count). The quantitative estimate of drug-likeness (QED) is 0.779. The van der Waals surface area contributed by atoms with Crippen molar-refractivity contribution in [3.8, 4) is 5.75 Å². The SMILES string of the molecule is COc1ccc(C2(C(=O)N3C[C@H]4[C@H](N(C)C)CS(=O)(=O)[C@H]4C3)CC2)cc1. The average Bonchev–Trinajstić information content (AvgIpc) is 3.23. The van der Waals surface area contributed by atoms with Crippen molar-refractivity contribution in [3.05, 3.63) is 29.8 Å². The van der Waals surface area contributed by atoms with Gasteiger partial charge in [-0.25, -0.2) is 8.42 Å². The zero-order valence-corrected chi connectivity index (χ0v) is 16.3. The molecule has 2 saturated heterocycles. The largest absolute Gasteiger partial charge is 0.497 e. The van der Waals surface area contributed by atoms with Crippen molar-refractivity contribution < 1.29 is 17.9 Å². The Balaban J connectivity index is 1.56. The molecule has 142 valence electrons. The van der Waals surface area contributed by atoms with Gasteiger partial charge < -0.3 is 14.5 Å². The summed E-state index contributed by atoms with van der Waals surface area (Å²) in [7, 11) is 2.33. The van der Waals surface area contributed by atoms with E-state index >= 15 is 0 Å². The van der Waals surface area contributed by atoms with E-state index in [4.69, 9.17) is 4.74 Å². The van der Waals surface area contributed by atoms with Gasteiger partial charge in [0, 0.05) is 25.0 Å². The van der Waals surface area contributed by atoms with Crippen LogP contribution in [-0.4, -0.2) is 75.5 Å². The highest BCUT2D eigenvalue weighted by molar-refractivity contribution is 7.92. The van der Waals surface area contributed by atoms with Crippen molar-refractivity contribution in [2.24, 2.45) is 5.92 Å². The fourth-order valence-corrected chi connectivity index (χ4v) is 7.17. The molecule has 1 aromatic carbocycles. The first-order valence-corrected chi connectivity index (χ1v) is 10.8. The number of nitrogens with zero attached hydrogens (tertiary/aromatic N) is 2. The summed E-state index contributed by atoms with van der Waals surface area (Å²) in [5, 5.41) is -0.412. The van der Waals surface area contributed by atoms with Gasteiger partial charge in [0.1, 0.15) is 5.75 Å². The van der Waals surface area contributed by atoms with E-state index < -0.39 is 20.5 Å². The second kappa shape index (κ2) is 5.96. The van der Waals surface area contributed by atoms with Crippen LogP contribution in [0, 0.1) is 5.92 Å². The molecule has 0 aromatic heterocycles. The molecule has 0 radical (unpaired) electrons. The number of fused-ring (bicyclic) bond motifs is 1. The molecule has 3 aliphatic rings. The fraction of sp³-hybridized carbons (Fsp3) is 0.632. The number of methoxy groups -OCH3 is 1. The van der Waals surface area contributed by atoms with E-state index in [0.29, 0.717) is 13.1 Å². The van der Waals surface area contributed by atoms with Gasteiger partial charge in [-0.1, -0.05) is 12.1 Å². The second-order valence-corrected chi connectivity index (χ2v) is 10.3. The van der Waals surface area contributed by atoms with Gasteiger partial charge in [-0.05, 0) is 44.6 Å².